The fourth-order valence-corrected chi connectivity index (χ4v) is 4.33. The van der Waals surface area contributed by atoms with E-state index in [0.717, 1.165) is 41.2 Å². The van der Waals surface area contributed by atoms with Crippen molar-refractivity contribution in [1.82, 2.24) is 18.8 Å². The van der Waals surface area contributed by atoms with Crippen molar-refractivity contribution in [3.05, 3.63) is 42.2 Å². The van der Waals surface area contributed by atoms with E-state index in [1.807, 2.05) is 23.8 Å². The monoisotopic (exact) mass is 368 g/mol. The Morgan fingerprint density at radius 1 is 1.31 bits per heavy atom. The van der Waals surface area contributed by atoms with E-state index in [9.17, 15) is 0 Å². The second-order valence-electron chi connectivity index (χ2n) is 6.84. The van der Waals surface area contributed by atoms with Gasteiger partial charge >= 0.3 is 0 Å². The maximum atomic E-state index is 5.54. The molecule has 0 spiro atoms. The van der Waals surface area contributed by atoms with Gasteiger partial charge in [-0.25, -0.2) is 9.36 Å². The molecular weight excluding hydrogens is 344 g/mol. The SMILES string of the molecule is COc1ccc(-c2nccn2CCC2CCCN2C)cc1-c1cnsc1. The van der Waals surface area contributed by atoms with Crippen LogP contribution in [-0.4, -0.2) is 45.6 Å². The quantitative estimate of drug-likeness (QED) is 0.655. The van der Waals surface area contributed by atoms with E-state index in [1.165, 1.54) is 30.9 Å². The number of benzene rings is 1. The van der Waals surface area contributed by atoms with Gasteiger partial charge in [0.2, 0.25) is 0 Å². The summed E-state index contributed by atoms with van der Waals surface area (Å²) in [5, 5.41) is 2.05. The van der Waals surface area contributed by atoms with Crippen LogP contribution in [0.15, 0.2) is 42.2 Å². The summed E-state index contributed by atoms with van der Waals surface area (Å²) in [5.74, 6) is 1.87. The van der Waals surface area contributed by atoms with E-state index in [1.54, 1.807) is 7.11 Å². The van der Waals surface area contributed by atoms with Gasteiger partial charge in [0.15, 0.2) is 0 Å². The van der Waals surface area contributed by atoms with Crippen molar-refractivity contribution in [2.75, 3.05) is 20.7 Å². The van der Waals surface area contributed by atoms with Gasteiger partial charge in [0, 0.05) is 53.2 Å². The topological polar surface area (TPSA) is 43.2 Å². The lowest BCUT2D eigenvalue weighted by atomic mass is 10.0. The van der Waals surface area contributed by atoms with Crippen LogP contribution in [-0.2, 0) is 6.54 Å². The van der Waals surface area contributed by atoms with Gasteiger partial charge in [-0.1, -0.05) is 0 Å². The van der Waals surface area contributed by atoms with Gasteiger partial charge in [-0.3, -0.25) is 0 Å². The Labute approximate surface area is 158 Å². The van der Waals surface area contributed by atoms with E-state index in [-0.39, 0.29) is 0 Å². The molecule has 1 fully saturated rings. The maximum Gasteiger partial charge on any atom is 0.139 e. The summed E-state index contributed by atoms with van der Waals surface area (Å²) in [7, 11) is 3.94. The third kappa shape index (κ3) is 3.39. The summed E-state index contributed by atoms with van der Waals surface area (Å²) >= 11 is 1.45. The van der Waals surface area contributed by atoms with Crippen molar-refractivity contribution in [3.63, 3.8) is 0 Å². The Morgan fingerprint density at radius 3 is 2.96 bits per heavy atom. The number of rotatable bonds is 6. The van der Waals surface area contributed by atoms with Crippen LogP contribution in [0.25, 0.3) is 22.5 Å². The number of nitrogens with zero attached hydrogens (tertiary/aromatic N) is 4. The minimum absolute atomic E-state index is 0.688. The fraction of sp³-hybridized carbons (Fsp3) is 0.400. The zero-order chi connectivity index (χ0) is 17.9. The van der Waals surface area contributed by atoms with E-state index in [0.29, 0.717) is 6.04 Å². The first-order chi connectivity index (χ1) is 12.8. The second-order valence-corrected chi connectivity index (χ2v) is 7.50. The molecule has 0 amide bonds. The molecule has 4 rings (SSSR count). The molecule has 3 heterocycles. The maximum absolute atomic E-state index is 5.54. The van der Waals surface area contributed by atoms with Gasteiger partial charge in [-0.15, -0.1) is 0 Å². The van der Waals surface area contributed by atoms with Gasteiger partial charge in [0.05, 0.1) is 7.11 Å². The fourth-order valence-electron chi connectivity index (χ4n) is 3.79. The van der Waals surface area contributed by atoms with Crippen molar-refractivity contribution in [1.29, 1.82) is 0 Å². The van der Waals surface area contributed by atoms with E-state index < -0.39 is 0 Å². The molecule has 1 saturated heterocycles. The molecule has 0 bridgehead atoms. The summed E-state index contributed by atoms with van der Waals surface area (Å²) in [6.07, 6.45) is 9.64. The summed E-state index contributed by atoms with van der Waals surface area (Å²) in [6, 6.07) is 6.95. The van der Waals surface area contributed by atoms with Crippen molar-refractivity contribution < 1.29 is 4.74 Å². The standard InChI is InChI=1S/C20H24N4OS/c1-23-9-3-4-17(23)7-10-24-11-8-21-20(24)15-5-6-19(25-2)18(12-15)16-13-22-26-14-16/h5-6,8,11-14,17H,3-4,7,9-10H2,1-2H3. The number of imidazole rings is 1. The Kier molecular flexibility index (Phi) is 5.04. The van der Waals surface area contributed by atoms with Crippen LogP contribution in [0.3, 0.4) is 0 Å². The lowest BCUT2D eigenvalue weighted by Gasteiger charge is -2.20. The summed E-state index contributed by atoms with van der Waals surface area (Å²) in [4.78, 5) is 7.10. The van der Waals surface area contributed by atoms with Crippen LogP contribution >= 0.6 is 11.5 Å². The zero-order valence-electron chi connectivity index (χ0n) is 15.3. The number of likely N-dealkylation sites (tertiary alicyclic amines) is 1. The molecule has 3 aromatic rings. The highest BCUT2D eigenvalue weighted by Crippen LogP contribution is 2.34. The molecule has 1 aliphatic heterocycles. The smallest absolute Gasteiger partial charge is 0.139 e. The Hall–Kier alpha value is -2.18. The largest absolute Gasteiger partial charge is 0.496 e. The number of aryl methyl sites for hydroxylation is 1. The molecule has 2 aromatic heterocycles. The molecule has 5 nitrogen and oxygen atoms in total. The van der Waals surface area contributed by atoms with E-state index in [2.05, 4.69) is 44.2 Å². The van der Waals surface area contributed by atoms with Crippen molar-refractivity contribution in [2.45, 2.75) is 31.8 Å². The van der Waals surface area contributed by atoms with Gasteiger partial charge in [0.25, 0.3) is 0 Å². The van der Waals surface area contributed by atoms with Gasteiger partial charge in [-0.05, 0) is 62.6 Å². The highest BCUT2D eigenvalue weighted by Gasteiger charge is 2.21. The summed E-state index contributed by atoms with van der Waals surface area (Å²) in [5.41, 5.74) is 3.25. The van der Waals surface area contributed by atoms with Gasteiger partial charge < -0.3 is 14.2 Å². The predicted molar refractivity (Wildman–Crippen MR) is 106 cm³/mol. The lowest BCUT2D eigenvalue weighted by molar-refractivity contribution is 0.286. The Morgan fingerprint density at radius 2 is 2.23 bits per heavy atom. The van der Waals surface area contributed by atoms with E-state index in [4.69, 9.17) is 4.74 Å². The average molecular weight is 369 g/mol. The summed E-state index contributed by atoms with van der Waals surface area (Å²) in [6.45, 7) is 2.21. The van der Waals surface area contributed by atoms with Crippen LogP contribution in [0.4, 0.5) is 0 Å². The van der Waals surface area contributed by atoms with Crippen LogP contribution in [0.5, 0.6) is 5.75 Å². The van der Waals surface area contributed by atoms with Crippen LogP contribution in [0.2, 0.25) is 0 Å². The van der Waals surface area contributed by atoms with Crippen LogP contribution in [0.1, 0.15) is 19.3 Å². The molecule has 1 aromatic carbocycles. The number of methoxy groups -OCH3 is 1. The number of ether oxygens (including phenoxy) is 1. The first-order valence-electron chi connectivity index (χ1n) is 9.06. The molecule has 6 heteroatoms. The summed E-state index contributed by atoms with van der Waals surface area (Å²) < 4.78 is 12.0. The first kappa shape index (κ1) is 17.2. The Balaban J connectivity index is 1.60. The molecule has 0 aliphatic carbocycles. The number of aromatic nitrogens is 3. The highest BCUT2D eigenvalue weighted by molar-refractivity contribution is 7.03. The molecule has 0 saturated carbocycles. The van der Waals surface area contributed by atoms with Crippen molar-refractivity contribution in [2.24, 2.45) is 0 Å². The third-order valence-corrected chi connectivity index (χ3v) is 5.88. The van der Waals surface area contributed by atoms with E-state index >= 15 is 0 Å². The van der Waals surface area contributed by atoms with Gasteiger partial charge in [0.1, 0.15) is 11.6 Å². The molecule has 0 radical (unpaired) electrons. The molecule has 0 N–H and O–H groups in total. The molecular formula is C20H24N4OS. The Bertz CT molecular complexity index is 859. The molecule has 136 valence electrons. The normalized spacial score (nSPS) is 17.7. The average Bonchev–Trinajstić information content (AvgIpc) is 3.41. The van der Waals surface area contributed by atoms with Crippen LogP contribution in [0, 0.1) is 0 Å². The lowest BCUT2D eigenvalue weighted by Crippen LogP contribution is -2.26. The van der Waals surface area contributed by atoms with Crippen molar-refractivity contribution in [3.8, 4) is 28.3 Å². The molecule has 1 unspecified atom stereocenters. The predicted octanol–water partition coefficient (Wildman–Crippen LogP) is 4.17. The molecule has 26 heavy (non-hydrogen) atoms. The molecule has 1 aliphatic rings. The minimum Gasteiger partial charge on any atom is -0.496 e. The second kappa shape index (κ2) is 7.60. The van der Waals surface area contributed by atoms with Gasteiger partial charge in [-0.2, -0.15) is 0 Å². The van der Waals surface area contributed by atoms with Crippen molar-refractivity contribution >= 4 is 11.5 Å². The highest BCUT2D eigenvalue weighted by atomic mass is 32.1. The third-order valence-electron chi connectivity index (χ3n) is 5.29. The zero-order valence-corrected chi connectivity index (χ0v) is 16.1. The first-order valence-corrected chi connectivity index (χ1v) is 9.89. The number of hydrogen-bond acceptors (Lipinski definition) is 5. The minimum atomic E-state index is 0.688. The van der Waals surface area contributed by atoms with Crippen LogP contribution < -0.4 is 4.74 Å². The number of hydrogen-bond donors (Lipinski definition) is 0. The molecule has 1 atom stereocenters.